The molecule has 2 N–H and O–H groups in total. The minimum atomic E-state index is 0.287. The highest BCUT2D eigenvalue weighted by Gasteiger charge is 2.32. The summed E-state index contributed by atoms with van der Waals surface area (Å²) in [5, 5.41) is 16.7. The summed E-state index contributed by atoms with van der Waals surface area (Å²) in [6, 6.07) is 0.287. The van der Waals surface area contributed by atoms with Crippen molar-refractivity contribution in [3.05, 3.63) is 23.4 Å². The van der Waals surface area contributed by atoms with Gasteiger partial charge in [-0.15, -0.1) is 20.4 Å². The Morgan fingerprint density at radius 2 is 2.04 bits per heavy atom. The summed E-state index contributed by atoms with van der Waals surface area (Å²) in [6.45, 7) is 4.38. The molecule has 0 spiro atoms. The number of rotatable bonds is 8. The average molecular weight is 335 g/mol. The third-order valence-electron chi connectivity index (χ3n) is 4.30. The summed E-state index contributed by atoms with van der Waals surface area (Å²) in [5.41, 5.74) is 5.92. The number of hydrogen-bond acceptors (Lipinski definition) is 8. The van der Waals surface area contributed by atoms with E-state index in [1.54, 1.807) is 14.0 Å². The van der Waals surface area contributed by atoms with Crippen molar-refractivity contribution in [2.24, 2.45) is 5.73 Å². The predicted molar refractivity (Wildman–Crippen MR) is 86.1 cm³/mol. The van der Waals surface area contributed by atoms with Gasteiger partial charge in [-0.1, -0.05) is 0 Å². The molecule has 9 heteroatoms. The third kappa shape index (κ3) is 3.80. The van der Waals surface area contributed by atoms with Crippen LogP contribution in [0.2, 0.25) is 0 Å². The van der Waals surface area contributed by atoms with Gasteiger partial charge in [0, 0.05) is 32.5 Å². The van der Waals surface area contributed by atoms with Gasteiger partial charge in [0.05, 0.1) is 19.7 Å². The molecule has 9 nitrogen and oxygen atoms in total. The van der Waals surface area contributed by atoms with Gasteiger partial charge in [0.15, 0.2) is 0 Å². The molecular weight excluding hydrogens is 310 g/mol. The van der Waals surface area contributed by atoms with Crippen molar-refractivity contribution in [1.82, 2.24) is 29.9 Å². The number of nitrogens with two attached hydrogens (primary N) is 1. The number of aromatic nitrogens is 5. The third-order valence-corrected chi connectivity index (χ3v) is 4.30. The van der Waals surface area contributed by atoms with Crippen molar-refractivity contribution in [3.63, 3.8) is 0 Å². The van der Waals surface area contributed by atoms with Crippen LogP contribution < -0.4 is 5.73 Å². The second-order valence-electron chi connectivity index (χ2n) is 6.43. The number of aryl methyl sites for hydroxylation is 1. The molecule has 0 atom stereocenters. The molecule has 0 radical (unpaired) electrons. The van der Waals surface area contributed by atoms with Gasteiger partial charge >= 0.3 is 0 Å². The van der Waals surface area contributed by atoms with Crippen LogP contribution in [0.5, 0.6) is 0 Å². The van der Waals surface area contributed by atoms with E-state index in [0.717, 1.165) is 31.0 Å². The molecule has 2 heterocycles. The molecule has 2 aromatic rings. The van der Waals surface area contributed by atoms with E-state index in [1.807, 2.05) is 7.05 Å². The lowest BCUT2D eigenvalue weighted by molar-refractivity contribution is 0.181. The van der Waals surface area contributed by atoms with Crippen LogP contribution in [0.25, 0.3) is 0 Å². The lowest BCUT2D eigenvalue weighted by atomic mass is 9.80. The Kier molecular flexibility index (Phi) is 5.22. The zero-order chi connectivity index (χ0) is 17.1. The first-order chi connectivity index (χ1) is 11.6. The van der Waals surface area contributed by atoms with E-state index < -0.39 is 0 Å². The summed E-state index contributed by atoms with van der Waals surface area (Å²) in [5.74, 6) is 3.52. The van der Waals surface area contributed by atoms with Gasteiger partial charge in [0.1, 0.15) is 11.6 Å². The Morgan fingerprint density at radius 1 is 1.25 bits per heavy atom. The quantitative estimate of drug-likeness (QED) is 0.741. The first kappa shape index (κ1) is 17.0. The van der Waals surface area contributed by atoms with Crippen LogP contribution in [0.15, 0.2) is 4.42 Å². The minimum absolute atomic E-state index is 0.287. The summed E-state index contributed by atoms with van der Waals surface area (Å²) in [4.78, 5) is 2.08. The molecule has 1 aliphatic rings. The number of nitrogens with zero attached hydrogens (tertiary/aromatic N) is 6. The molecule has 24 heavy (non-hydrogen) atoms. The van der Waals surface area contributed by atoms with E-state index in [0.29, 0.717) is 37.4 Å². The highest BCUT2D eigenvalue weighted by molar-refractivity contribution is 5.08. The van der Waals surface area contributed by atoms with Gasteiger partial charge in [0.2, 0.25) is 11.8 Å². The number of methoxy groups -OCH3 is 1. The lowest BCUT2D eigenvalue weighted by Gasteiger charge is -2.32. The molecule has 132 valence electrons. The molecule has 1 saturated carbocycles. The second kappa shape index (κ2) is 7.37. The van der Waals surface area contributed by atoms with E-state index in [2.05, 4.69) is 29.9 Å². The fourth-order valence-corrected chi connectivity index (χ4v) is 3.00. The maximum absolute atomic E-state index is 5.92. The van der Waals surface area contributed by atoms with E-state index >= 15 is 0 Å². The van der Waals surface area contributed by atoms with Crippen molar-refractivity contribution in [1.29, 1.82) is 0 Å². The van der Waals surface area contributed by atoms with Crippen molar-refractivity contribution < 1.29 is 9.15 Å². The molecule has 2 aromatic heterocycles. The van der Waals surface area contributed by atoms with Gasteiger partial charge in [0.25, 0.3) is 0 Å². The van der Waals surface area contributed by atoms with E-state index in [1.165, 1.54) is 0 Å². The highest BCUT2D eigenvalue weighted by Crippen LogP contribution is 2.34. The Bertz CT molecular complexity index is 663. The second-order valence-corrected chi connectivity index (χ2v) is 6.43. The highest BCUT2D eigenvalue weighted by atomic mass is 16.5. The van der Waals surface area contributed by atoms with Crippen LogP contribution in [0.4, 0.5) is 0 Å². The van der Waals surface area contributed by atoms with Crippen LogP contribution in [-0.4, -0.2) is 56.7 Å². The minimum Gasteiger partial charge on any atom is -0.424 e. The lowest BCUT2D eigenvalue weighted by Crippen LogP contribution is -2.36. The average Bonchev–Trinajstić information content (AvgIpc) is 3.08. The maximum atomic E-state index is 5.92. The molecule has 3 rings (SSSR count). The van der Waals surface area contributed by atoms with E-state index in [-0.39, 0.29) is 6.04 Å². The molecule has 0 aromatic carbocycles. The van der Waals surface area contributed by atoms with Crippen LogP contribution in [0.1, 0.15) is 42.2 Å². The van der Waals surface area contributed by atoms with Crippen LogP contribution >= 0.6 is 0 Å². The van der Waals surface area contributed by atoms with Crippen LogP contribution in [0.3, 0.4) is 0 Å². The summed E-state index contributed by atoms with van der Waals surface area (Å²) in [7, 11) is 3.70. The molecular formula is C15H25N7O2. The van der Waals surface area contributed by atoms with Crippen LogP contribution in [-0.2, 0) is 24.4 Å². The van der Waals surface area contributed by atoms with Crippen LogP contribution in [0, 0.1) is 6.92 Å². The zero-order valence-corrected chi connectivity index (χ0v) is 14.5. The monoisotopic (exact) mass is 335 g/mol. The van der Waals surface area contributed by atoms with Gasteiger partial charge in [-0.25, -0.2) is 0 Å². The largest absolute Gasteiger partial charge is 0.424 e. The maximum Gasteiger partial charge on any atom is 0.230 e. The molecule has 0 aliphatic heterocycles. The molecule has 0 amide bonds. The number of ether oxygens (including phenoxy) is 1. The van der Waals surface area contributed by atoms with Gasteiger partial charge < -0.3 is 19.5 Å². The molecule has 1 fully saturated rings. The first-order valence-corrected chi connectivity index (χ1v) is 8.20. The SMILES string of the molecule is COCCn1c(CN(C)Cc2nnc(C)o2)nnc1C1CC(N)C1. The van der Waals surface area contributed by atoms with Crippen molar-refractivity contribution >= 4 is 0 Å². The van der Waals surface area contributed by atoms with Crippen molar-refractivity contribution in [3.8, 4) is 0 Å². The zero-order valence-electron chi connectivity index (χ0n) is 14.5. The molecule has 0 bridgehead atoms. The summed E-state index contributed by atoms with van der Waals surface area (Å²) < 4.78 is 12.8. The summed E-state index contributed by atoms with van der Waals surface area (Å²) >= 11 is 0. The molecule has 0 unspecified atom stereocenters. The fourth-order valence-electron chi connectivity index (χ4n) is 3.00. The first-order valence-electron chi connectivity index (χ1n) is 8.20. The van der Waals surface area contributed by atoms with Gasteiger partial charge in [-0.3, -0.25) is 4.90 Å². The predicted octanol–water partition coefficient (Wildman–Crippen LogP) is 0.453. The van der Waals surface area contributed by atoms with Gasteiger partial charge in [-0.05, 0) is 19.9 Å². The Balaban J connectivity index is 1.69. The summed E-state index contributed by atoms with van der Waals surface area (Å²) in [6.07, 6.45) is 1.95. The van der Waals surface area contributed by atoms with E-state index in [4.69, 9.17) is 14.9 Å². The fraction of sp³-hybridized carbons (Fsp3) is 0.733. The smallest absolute Gasteiger partial charge is 0.230 e. The van der Waals surface area contributed by atoms with E-state index in [9.17, 15) is 0 Å². The molecule has 0 saturated heterocycles. The Morgan fingerprint density at radius 3 is 2.67 bits per heavy atom. The molecule has 1 aliphatic carbocycles. The topological polar surface area (TPSA) is 108 Å². The Labute approximate surface area is 141 Å². The van der Waals surface area contributed by atoms with Crippen molar-refractivity contribution in [2.45, 2.75) is 51.4 Å². The standard InChI is InChI=1S/C15H25N7O2/c1-10-17-19-14(24-10)9-21(2)8-13-18-20-15(11-6-12(16)7-11)22(13)4-5-23-3/h11-12H,4-9,16H2,1-3H3. The Hall–Kier alpha value is -1.84. The number of hydrogen-bond donors (Lipinski definition) is 1. The van der Waals surface area contributed by atoms with Crippen molar-refractivity contribution in [2.75, 3.05) is 20.8 Å². The van der Waals surface area contributed by atoms with Gasteiger partial charge in [-0.2, -0.15) is 0 Å². The normalized spacial score (nSPS) is 20.5.